The SMILES string of the molecule is CCCC(C)Cn1cc(N)cc1C(=O)OC. The molecule has 90 valence electrons. The Morgan fingerprint density at radius 2 is 2.31 bits per heavy atom. The van der Waals surface area contributed by atoms with Crippen LogP contribution in [-0.2, 0) is 11.3 Å². The lowest BCUT2D eigenvalue weighted by Crippen LogP contribution is -2.14. The van der Waals surface area contributed by atoms with E-state index in [1.54, 1.807) is 12.3 Å². The molecule has 4 heteroatoms. The molecule has 0 radical (unpaired) electrons. The Kier molecular flexibility index (Phi) is 4.40. The number of carbonyl (C=O) groups is 1. The van der Waals surface area contributed by atoms with E-state index in [2.05, 4.69) is 13.8 Å². The predicted octanol–water partition coefficient (Wildman–Crippen LogP) is 2.29. The standard InChI is InChI=1S/C12H20N2O2/c1-4-5-9(2)7-14-8-10(13)6-11(14)12(15)16-3/h6,8-9H,4-5,7,13H2,1-3H3. The van der Waals surface area contributed by atoms with Crippen LogP contribution in [0.3, 0.4) is 0 Å². The Morgan fingerprint density at radius 3 is 2.88 bits per heavy atom. The fourth-order valence-electron chi connectivity index (χ4n) is 1.88. The molecule has 1 atom stereocenters. The van der Waals surface area contributed by atoms with Crippen LogP contribution in [0.25, 0.3) is 0 Å². The van der Waals surface area contributed by atoms with Crippen LogP contribution in [0.1, 0.15) is 37.2 Å². The second-order valence-corrected chi connectivity index (χ2v) is 4.20. The van der Waals surface area contributed by atoms with Crippen LogP contribution in [0.4, 0.5) is 5.69 Å². The van der Waals surface area contributed by atoms with Crippen LogP contribution in [0.2, 0.25) is 0 Å². The first-order valence-corrected chi connectivity index (χ1v) is 5.62. The Balaban J connectivity index is 2.82. The number of nitrogen functional groups attached to an aromatic ring is 1. The molecule has 0 aliphatic heterocycles. The lowest BCUT2D eigenvalue weighted by atomic mass is 10.1. The Morgan fingerprint density at radius 1 is 1.62 bits per heavy atom. The van der Waals surface area contributed by atoms with E-state index in [-0.39, 0.29) is 5.97 Å². The van der Waals surface area contributed by atoms with Gasteiger partial charge in [0, 0.05) is 12.7 Å². The van der Waals surface area contributed by atoms with E-state index >= 15 is 0 Å². The van der Waals surface area contributed by atoms with Gasteiger partial charge < -0.3 is 15.0 Å². The van der Waals surface area contributed by atoms with Gasteiger partial charge in [0.25, 0.3) is 0 Å². The normalized spacial score (nSPS) is 12.4. The minimum absolute atomic E-state index is 0.333. The number of hydrogen-bond acceptors (Lipinski definition) is 3. The summed E-state index contributed by atoms with van der Waals surface area (Å²) in [4.78, 5) is 11.5. The van der Waals surface area contributed by atoms with E-state index in [1.165, 1.54) is 7.11 Å². The van der Waals surface area contributed by atoms with Crippen LogP contribution >= 0.6 is 0 Å². The van der Waals surface area contributed by atoms with Gasteiger partial charge in [-0.3, -0.25) is 0 Å². The molecular weight excluding hydrogens is 204 g/mol. The third kappa shape index (κ3) is 3.02. The highest BCUT2D eigenvalue weighted by molar-refractivity contribution is 5.88. The molecule has 0 saturated heterocycles. The summed E-state index contributed by atoms with van der Waals surface area (Å²) < 4.78 is 6.59. The van der Waals surface area contributed by atoms with Crippen molar-refractivity contribution in [2.75, 3.05) is 12.8 Å². The van der Waals surface area contributed by atoms with Gasteiger partial charge in [-0.2, -0.15) is 0 Å². The molecule has 0 saturated carbocycles. The van der Waals surface area contributed by atoms with Crippen molar-refractivity contribution >= 4 is 11.7 Å². The number of methoxy groups -OCH3 is 1. The smallest absolute Gasteiger partial charge is 0.354 e. The lowest BCUT2D eigenvalue weighted by Gasteiger charge is -2.13. The summed E-state index contributed by atoms with van der Waals surface area (Å²) in [6.07, 6.45) is 4.07. The molecule has 0 fully saturated rings. The molecular formula is C12H20N2O2. The zero-order chi connectivity index (χ0) is 12.1. The molecule has 0 aromatic carbocycles. The summed E-state index contributed by atoms with van der Waals surface area (Å²) in [7, 11) is 1.38. The fourth-order valence-corrected chi connectivity index (χ4v) is 1.88. The highest BCUT2D eigenvalue weighted by Gasteiger charge is 2.14. The minimum atomic E-state index is -0.333. The van der Waals surface area contributed by atoms with Crippen molar-refractivity contribution in [2.24, 2.45) is 5.92 Å². The average Bonchev–Trinajstić information content (AvgIpc) is 2.58. The van der Waals surface area contributed by atoms with Gasteiger partial charge in [0.05, 0.1) is 12.8 Å². The number of ether oxygens (including phenoxy) is 1. The number of nitrogens with two attached hydrogens (primary N) is 1. The van der Waals surface area contributed by atoms with E-state index in [0.717, 1.165) is 19.4 Å². The van der Waals surface area contributed by atoms with Crippen molar-refractivity contribution < 1.29 is 9.53 Å². The van der Waals surface area contributed by atoms with E-state index in [0.29, 0.717) is 17.3 Å². The number of carbonyl (C=O) groups excluding carboxylic acids is 1. The first kappa shape index (κ1) is 12.6. The van der Waals surface area contributed by atoms with Gasteiger partial charge in [0.2, 0.25) is 0 Å². The number of esters is 1. The Labute approximate surface area is 96.4 Å². The van der Waals surface area contributed by atoms with Crippen molar-refractivity contribution in [3.05, 3.63) is 18.0 Å². The maximum Gasteiger partial charge on any atom is 0.354 e. The summed E-state index contributed by atoms with van der Waals surface area (Å²) in [5, 5.41) is 0. The quantitative estimate of drug-likeness (QED) is 0.781. The molecule has 1 aromatic rings. The van der Waals surface area contributed by atoms with Gasteiger partial charge in [0.1, 0.15) is 5.69 Å². The second kappa shape index (κ2) is 5.58. The fraction of sp³-hybridized carbons (Fsp3) is 0.583. The number of aromatic nitrogens is 1. The third-order valence-corrected chi connectivity index (χ3v) is 2.60. The molecule has 16 heavy (non-hydrogen) atoms. The molecule has 1 heterocycles. The first-order valence-electron chi connectivity index (χ1n) is 5.62. The second-order valence-electron chi connectivity index (χ2n) is 4.20. The summed E-state index contributed by atoms with van der Waals surface area (Å²) >= 11 is 0. The topological polar surface area (TPSA) is 57.2 Å². The lowest BCUT2D eigenvalue weighted by molar-refractivity contribution is 0.0587. The highest BCUT2D eigenvalue weighted by Crippen LogP contribution is 2.16. The van der Waals surface area contributed by atoms with Crippen molar-refractivity contribution in [3.63, 3.8) is 0 Å². The predicted molar refractivity (Wildman–Crippen MR) is 64.3 cm³/mol. The molecule has 2 N–H and O–H groups in total. The van der Waals surface area contributed by atoms with Gasteiger partial charge in [-0.15, -0.1) is 0 Å². The van der Waals surface area contributed by atoms with Crippen LogP contribution in [0.5, 0.6) is 0 Å². The van der Waals surface area contributed by atoms with Crippen molar-refractivity contribution in [3.8, 4) is 0 Å². The maximum absolute atomic E-state index is 11.5. The summed E-state index contributed by atoms with van der Waals surface area (Å²) in [6.45, 7) is 5.12. The summed E-state index contributed by atoms with van der Waals surface area (Å²) in [5.41, 5.74) is 6.82. The molecule has 0 aliphatic carbocycles. The molecule has 1 aromatic heterocycles. The van der Waals surface area contributed by atoms with E-state index in [1.807, 2.05) is 4.57 Å². The largest absolute Gasteiger partial charge is 0.464 e. The van der Waals surface area contributed by atoms with Crippen LogP contribution in [-0.4, -0.2) is 17.6 Å². The van der Waals surface area contributed by atoms with Crippen LogP contribution in [0.15, 0.2) is 12.3 Å². The number of anilines is 1. The zero-order valence-corrected chi connectivity index (χ0v) is 10.2. The number of nitrogens with zero attached hydrogens (tertiary/aromatic N) is 1. The van der Waals surface area contributed by atoms with E-state index in [4.69, 9.17) is 10.5 Å². The maximum atomic E-state index is 11.5. The minimum Gasteiger partial charge on any atom is -0.464 e. The van der Waals surface area contributed by atoms with Crippen molar-refractivity contribution in [1.29, 1.82) is 0 Å². The van der Waals surface area contributed by atoms with Gasteiger partial charge >= 0.3 is 5.97 Å². The Bertz CT molecular complexity index is 358. The molecule has 0 aliphatic rings. The summed E-state index contributed by atoms with van der Waals surface area (Å²) in [5.74, 6) is 0.195. The zero-order valence-electron chi connectivity index (χ0n) is 10.2. The van der Waals surface area contributed by atoms with Gasteiger partial charge in [-0.1, -0.05) is 20.3 Å². The van der Waals surface area contributed by atoms with Gasteiger partial charge in [-0.05, 0) is 18.4 Å². The molecule has 0 bridgehead atoms. The third-order valence-electron chi connectivity index (χ3n) is 2.60. The van der Waals surface area contributed by atoms with Crippen LogP contribution in [0, 0.1) is 5.92 Å². The van der Waals surface area contributed by atoms with Crippen molar-refractivity contribution in [1.82, 2.24) is 4.57 Å². The van der Waals surface area contributed by atoms with Crippen LogP contribution < -0.4 is 5.73 Å². The van der Waals surface area contributed by atoms with Crippen molar-refractivity contribution in [2.45, 2.75) is 33.2 Å². The van der Waals surface area contributed by atoms with Gasteiger partial charge in [-0.25, -0.2) is 4.79 Å². The van der Waals surface area contributed by atoms with Gasteiger partial charge in [0.15, 0.2) is 0 Å². The molecule has 1 unspecified atom stereocenters. The summed E-state index contributed by atoms with van der Waals surface area (Å²) in [6, 6.07) is 1.66. The molecule has 0 amide bonds. The van der Waals surface area contributed by atoms with E-state index < -0.39 is 0 Å². The highest BCUT2D eigenvalue weighted by atomic mass is 16.5. The number of rotatable bonds is 5. The average molecular weight is 224 g/mol. The molecule has 1 rings (SSSR count). The Hall–Kier alpha value is -1.45. The molecule has 4 nitrogen and oxygen atoms in total. The monoisotopic (exact) mass is 224 g/mol. The first-order chi connectivity index (χ1) is 7.58. The molecule has 0 spiro atoms. The van der Waals surface area contributed by atoms with E-state index in [9.17, 15) is 4.79 Å². The number of hydrogen-bond donors (Lipinski definition) is 1.